The number of aliphatic imine (C=N–C) groups is 1. The van der Waals surface area contributed by atoms with Gasteiger partial charge in [0.25, 0.3) is 0 Å². The Morgan fingerprint density at radius 1 is 0.404 bits per heavy atom. The van der Waals surface area contributed by atoms with E-state index in [1.165, 1.54) is 0 Å². The van der Waals surface area contributed by atoms with Crippen molar-refractivity contribution in [3.05, 3.63) is 72.1 Å². The summed E-state index contributed by atoms with van der Waals surface area (Å²) in [6.07, 6.45) is 11.1. The second-order valence-corrected chi connectivity index (χ2v) is 26.8. The van der Waals surface area contributed by atoms with Gasteiger partial charge in [-0.1, -0.05) is 97.2 Å². The van der Waals surface area contributed by atoms with Gasteiger partial charge in [-0.25, -0.2) is 33.6 Å². The molecule has 8 atom stereocenters. The molecule has 0 bridgehead atoms. The van der Waals surface area contributed by atoms with Gasteiger partial charge in [-0.15, -0.1) is 0 Å². The van der Waals surface area contributed by atoms with Crippen LogP contribution in [0.5, 0.6) is 0 Å². The normalized spacial score (nSPS) is 14.0. The third-order valence-electron chi connectivity index (χ3n) is 17.0. The second-order valence-electron chi connectivity index (χ2n) is 26.8. The van der Waals surface area contributed by atoms with Crippen LogP contribution in [0.2, 0.25) is 0 Å². The zero-order valence-corrected chi connectivity index (χ0v) is 59.6. The number of benzene rings is 2. The van der Waals surface area contributed by atoms with E-state index in [9.17, 15) is 38.4 Å². The molecule has 554 valence electrons. The highest BCUT2D eigenvalue weighted by Crippen LogP contribution is 2.21. The lowest BCUT2D eigenvalue weighted by atomic mass is 10.0. The summed E-state index contributed by atoms with van der Waals surface area (Å²) in [6.45, 7) is 17.5. The van der Waals surface area contributed by atoms with E-state index in [1.807, 2.05) is 116 Å². The first-order valence-electron chi connectivity index (χ1n) is 35.2. The molecular weight excluding hydrogens is 1270 g/mol. The number of nitrogens with zero attached hydrogens (tertiary/aromatic N) is 1. The maximum absolute atomic E-state index is 14.0. The van der Waals surface area contributed by atoms with Gasteiger partial charge >= 0.3 is 42.2 Å². The van der Waals surface area contributed by atoms with E-state index in [-0.39, 0.29) is 106 Å². The third kappa shape index (κ3) is 33.4. The summed E-state index contributed by atoms with van der Waals surface area (Å²) in [5, 5.41) is 46.2. The molecule has 0 aliphatic rings. The van der Waals surface area contributed by atoms with Gasteiger partial charge in [-0.3, -0.25) is 9.79 Å². The number of guanidine groups is 1. The summed E-state index contributed by atoms with van der Waals surface area (Å²) in [5.41, 5.74) is 33.1. The highest BCUT2D eigenvalue weighted by atomic mass is 16.2. The van der Waals surface area contributed by atoms with E-state index in [0.29, 0.717) is 77.4 Å². The molecule has 2 aromatic heterocycles. The summed E-state index contributed by atoms with van der Waals surface area (Å²) >= 11 is 0. The van der Waals surface area contributed by atoms with Gasteiger partial charge in [-0.05, 0) is 132 Å². The predicted molar refractivity (Wildman–Crippen MR) is 392 cm³/mol. The summed E-state index contributed by atoms with van der Waals surface area (Å²) < 4.78 is 0. The molecule has 27 N–H and O–H groups in total. The average Bonchev–Trinajstić information content (AvgIpc) is 1.73. The minimum atomic E-state index is -0.698. The van der Waals surface area contributed by atoms with Crippen molar-refractivity contribution in [1.29, 1.82) is 0 Å². The fourth-order valence-electron chi connectivity index (χ4n) is 11.1. The van der Waals surface area contributed by atoms with Crippen LogP contribution in [0.25, 0.3) is 21.8 Å². The quantitative estimate of drug-likeness (QED) is 0.0172. The molecule has 0 aliphatic carbocycles. The molecular formula is C68H119N23O8. The van der Waals surface area contributed by atoms with E-state index >= 15 is 0 Å². The predicted octanol–water partition coefficient (Wildman–Crippen LogP) is 3.41. The topological polar surface area (TPSA) is 491 Å². The van der Waals surface area contributed by atoms with Crippen molar-refractivity contribution in [2.45, 2.75) is 193 Å². The van der Waals surface area contributed by atoms with Gasteiger partial charge in [-0.2, -0.15) is 0 Å². The molecule has 2 heterocycles. The molecule has 99 heavy (non-hydrogen) atoms. The van der Waals surface area contributed by atoms with Gasteiger partial charge < -0.3 is 118 Å². The number of hydrogen-bond acceptors (Lipinski definition) is 12. The molecule has 4 rings (SSSR count). The minimum absolute atomic E-state index is 0.0117. The molecule has 2 aromatic carbocycles. The Hall–Kier alpha value is -8.97. The molecule has 0 spiro atoms. The number of nitrogens with two attached hydrogens (primary N) is 5. The van der Waals surface area contributed by atoms with E-state index in [0.717, 1.165) is 52.2 Å². The van der Waals surface area contributed by atoms with Gasteiger partial charge in [0.15, 0.2) is 5.96 Å². The number of nitrogens with one attached hydrogen (secondary N) is 17. The number of carbonyl (C=O) groups is 8. The maximum atomic E-state index is 14.0. The first-order valence-corrected chi connectivity index (χ1v) is 35.2. The van der Waals surface area contributed by atoms with Crippen LogP contribution in [-0.2, 0) is 17.6 Å². The SMILES string of the molecule is CC(C)NC(=O)N[C@H](CNC(=O)N[C@@H](CCCCN)CNC(=O)N[C@H](CNC(=O)N[C@H](CN=C(N)N[C@@H](CCCCN)CCC(=O)N[C@H](CNC(=O)N[C@@H](CCCCN)CNC(=O)N[C@H](CNC(N)=O)C(C)C)Cc1c[nH]c2ccccc12)C(C)C)Cc1c[nH]c2ccccc12)C(C)C. The standard InChI is InChI=1S/C68H119N23O8/c1-42(2)57(89-67(98)81-38-52(32-47-34-75-56-25-12-10-23-54(47)56)88-64(95)78-35-49(20-14-17-29-70)87-65(96)82-41-59(44(5)6)91-68(99)83-45(7)8)39-76-61(72)85-48(19-13-16-28-69)26-27-60(92)84-51(31-46-33-74-55-24-11-9-22-53(46)55)37-80-63(94)86-50(21-15-18-30-71)36-79-66(97)90-58(43(3)4)40-77-62(73)93/h9-12,22-25,33-34,42-45,48-52,57-59,74-75H,13-21,26-32,35-41,69-71H2,1-8H3,(H,84,92)(H3,72,76,85)(H3,73,77,93)(H2,78,88,95)(H2,79,90,97)(H2,80,86,94)(H2,81,89,98)(H2,82,87,96)(H2,83,91,99)/t48-,49-,50-,51-,52-,57+,58+,59+/m0/s1. The number of aromatic amines is 2. The van der Waals surface area contributed by atoms with Crippen LogP contribution in [0, 0.1) is 17.8 Å². The summed E-state index contributed by atoms with van der Waals surface area (Å²) in [5.74, 6) is -0.178. The first kappa shape index (κ1) is 82.5. The van der Waals surface area contributed by atoms with Crippen molar-refractivity contribution in [1.82, 2.24) is 89.7 Å². The first-order chi connectivity index (χ1) is 47.4. The molecule has 0 unspecified atom stereocenters. The zero-order chi connectivity index (χ0) is 72.7. The fraction of sp³-hybridized carbons (Fsp3) is 0.632. The number of unbranched alkanes of at least 4 members (excludes halogenated alkanes) is 3. The lowest BCUT2D eigenvalue weighted by Gasteiger charge is -2.26. The molecule has 0 fully saturated rings. The summed E-state index contributed by atoms with van der Waals surface area (Å²) in [7, 11) is 0. The number of primary amides is 1. The Bertz CT molecular complexity index is 3100. The van der Waals surface area contributed by atoms with Crippen LogP contribution in [0.15, 0.2) is 65.9 Å². The van der Waals surface area contributed by atoms with E-state index in [2.05, 4.69) is 94.7 Å². The summed E-state index contributed by atoms with van der Waals surface area (Å²) in [4.78, 5) is 117. The van der Waals surface area contributed by atoms with Gasteiger partial charge in [0.1, 0.15) is 0 Å². The molecule has 4 aromatic rings. The Kier molecular flexibility index (Phi) is 38.0. The van der Waals surface area contributed by atoms with Crippen molar-refractivity contribution in [3.8, 4) is 0 Å². The largest absolute Gasteiger partial charge is 0.370 e. The van der Waals surface area contributed by atoms with Crippen molar-refractivity contribution in [2.75, 3.05) is 65.4 Å². The minimum Gasteiger partial charge on any atom is -0.370 e. The van der Waals surface area contributed by atoms with E-state index < -0.39 is 72.4 Å². The number of carbonyl (C=O) groups excluding carboxylic acids is 8. The van der Waals surface area contributed by atoms with Crippen molar-refractivity contribution >= 4 is 75.9 Å². The average molecular weight is 1390 g/mol. The molecule has 0 aliphatic heterocycles. The van der Waals surface area contributed by atoms with Crippen molar-refractivity contribution < 1.29 is 38.4 Å². The van der Waals surface area contributed by atoms with Crippen LogP contribution >= 0.6 is 0 Å². The van der Waals surface area contributed by atoms with Crippen molar-refractivity contribution in [2.24, 2.45) is 51.4 Å². The van der Waals surface area contributed by atoms with Crippen LogP contribution in [0.3, 0.4) is 0 Å². The zero-order valence-electron chi connectivity index (χ0n) is 59.6. The number of rotatable bonds is 45. The van der Waals surface area contributed by atoms with Gasteiger partial charge in [0, 0.05) is 104 Å². The molecule has 0 saturated heterocycles. The number of urea groups is 7. The molecule has 31 heteroatoms. The monoisotopic (exact) mass is 1390 g/mol. The molecule has 0 saturated carbocycles. The van der Waals surface area contributed by atoms with Crippen molar-refractivity contribution in [3.63, 3.8) is 0 Å². The Morgan fingerprint density at radius 3 is 1.23 bits per heavy atom. The smallest absolute Gasteiger partial charge is 0.315 e. The lowest BCUT2D eigenvalue weighted by molar-refractivity contribution is -0.122. The number of H-pyrrole nitrogens is 2. The highest BCUT2D eigenvalue weighted by Gasteiger charge is 2.26. The number of hydrogen-bond donors (Lipinski definition) is 22. The number of para-hydroxylation sites is 2. The Morgan fingerprint density at radius 2 is 0.788 bits per heavy atom. The Balaban J connectivity index is 1.39. The van der Waals surface area contributed by atoms with E-state index in [1.54, 1.807) is 0 Å². The lowest BCUT2D eigenvalue weighted by Crippen LogP contribution is -2.55. The fourth-order valence-corrected chi connectivity index (χ4v) is 11.1. The van der Waals surface area contributed by atoms with E-state index in [4.69, 9.17) is 28.7 Å². The van der Waals surface area contributed by atoms with Gasteiger partial charge in [0.05, 0.1) is 36.8 Å². The molecule has 31 nitrogen and oxygen atoms in total. The van der Waals surface area contributed by atoms with Crippen LogP contribution in [0.1, 0.15) is 137 Å². The number of fused-ring (bicyclic) bond motifs is 2. The van der Waals surface area contributed by atoms with Crippen LogP contribution in [-0.4, -0.2) is 184 Å². The molecule has 15 amide bonds. The van der Waals surface area contributed by atoms with Gasteiger partial charge in [0.2, 0.25) is 5.91 Å². The third-order valence-corrected chi connectivity index (χ3v) is 17.0. The second kappa shape index (κ2) is 45.6. The van der Waals surface area contributed by atoms with Crippen LogP contribution < -0.4 is 108 Å². The number of amides is 15. The van der Waals surface area contributed by atoms with Crippen LogP contribution in [0.4, 0.5) is 33.6 Å². The molecule has 0 radical (unpaired) electrons. The highest BCUT2D eigenvalue weighted by molar-refractivity contribution is 5.85. The number of aromatic nitrogens is 2. The summed E-state index contributed by atoms with van der Waals surface area (Å²) in [6, 6.07) is 8.67. The Labute approximate surface area is 583 Å². The maximum Gasteiger partial charge on any atom is 0.315 e.